The zero-order chi connectivity index (χ0) is 14.1. The third kappa shape index (κ3) is 2.38. The smallest absolute Gasteiger partial charge is 0.250 e. The molecule has 0 unspecified atom stereocenters. The molecular formula is C17H21NO2. The van der Waals surface area contributed by atoms with Crippen LogP contribution < -0.4 is 0 Å². The summed E-state index contributed by atoms with van der Waals surface area (Å²) in [6, 6.07) is 10.0. The lowest BCUT2D eigenvalue weighted by atomic mass is 9.71. The van der Waals surface area contributed by atoms with Gasteiger partial charge >= 0.3 is 0 Å². The summed E-state index contributed by atoms with van der Waals surface area (Å²) < 4.78 is 0. The maximum atomic E-state index is 12.7. The molecule has 1 heterocycles. The fourth-order valence-electron chi connectivity index (χ4n) is 3.18. The lowest BCUT2D eigenvalue weighted by Crippen LogP contribution is -2.50. The molecule has 1 aromatic rings. The van der Waals surface area contributed by atoms with E-state index in [0.29, 0.717) is 25.0 Å². The number of amides is 1. The Morgan fingerprint density at radius 1 is 1.20 bits per heavy atom. The van der Waals surface area contributed by atoms with E-state index < -0.39 is 0 Å². The zero-order valence-corrected chi connectivity index (χ0v) is 12.0. The van der Waals surface area contributed by atoms with Gasteiger partial charge in [0.25, 0.3) is 5.91 Å². The Balaban J connectivity index is 1.77. The number of benzene rings is 1. The summed E-state index contributed by atoms with van der Waals surface area (Å²) in [4.78, 5) is 18.4. The van der Waals surface area contributed by atoms with E-state index in [2.05, 4.69) is 26.0 Å². The van der Waals surface area contributed by atoms with Crippen LogP contribution in [0.2, 0.25) is 0 Å². The van der Waals surface area contributed by atoms with E-state index in [-0.39, 0.29) is 17.7 Å². The Morgan fingerprint density at radius 3 is 2.70 bits per heavy atom. The minimum atomic E-state index is 0.0625. The number of rotatable bonds is 2. The van der Waals surface area contributed by atoms with E-state index in [1.165, 1.54) is 0 Å². The average Bonchev–Trinajstić information content (AvgIpc) is 2.47. The molecule has 3 rings (SSSR count). The summed E-state index contributed by atoms with van der Waals surface area (Å²) in [5.74, 6) is 1.26. The quantitative estimate of drug-likeness (QED) is 0.774. The molecule has 1 aliphatic heterocycles. The first kappa shape index (κ1) is 13.4. The summed E-state index contributed by atoms with van der Waals surface area (Å²) >= 11 is 0. The van der Waals surface area contributed by atoms with Crippen LogP contribution in [0.15, 0.2) is 42.5 Å². The summed E-state index contributed by atoms with van der Waals surface area (Å²) in [7, 11) is 0. The van der Waals surface area contributed by atoms with E-state index in [9.17, 15) is 4.79 Å². The highest BCUT2D eigenvalue weighted by Gasteiger charge is 2.42. The van der Waals surface area contributed by atoms with Crippen LogP contribution in [0, 0.1) is 23.7 Å². The molecule has 1 amide bonds. The summed E-state index contributed by atoms with van der Waals surface area (Å²) in [6.07, 6.45) is 4.38. The fourth-order valence-corrected chi connectivity index (χ4v) is 3.18. The third-order valence-corrected chi connectivity index (χ3v) is 4.64. The van der Waals surface area contributed by atoms with Gasteiger partial charge in [0.05, 0.1) is 19.1 Å². The molecule has 0 saturated carbocycles. The molecule has 1 saturated heterocycles. The van der Waals surface area contributed by atoms with E-state index in [1.54, 1.807) is 5.06 Å². The van der Waals surface area contributed by atoms with Gasteiger partial charge in [-0.05, 0) is 17.4 Å². The predicted octanol–water partition coefficient (Wildman–Crippen LogP) is 3.03. The first-order valence-corrected chi connectivity index (χ1v) is 7.33. The second kappa shape index (κ2) is 5.41. The molecule has 1 aromatic carbocycles. The topological polar surface area (TPSA) is 29.5 Å². The van der Waals surface area contributed by atoms with Gasteiger partial charge in [-0.25, -0.2) is 5.06 Å². The zero-order valence-electron chi connectivity index (χ0n) is 12.0. The number of carbonyl (C=O) groups excluding carboxylic acids is 1. The van der Waals surface area contributed by atoms with Crippen molar-refractivity contribution in [1.82, 2.24) is 5.06 Å². The van der Waals surface area contributed by atoms with Crippen molar-refractivity contribution in [2.45, 2.75) is 20.4 Å². The first-order valence-electron chi connectivity index (χ1n) is 7.33. The van der Waals surface area contributed by atoms with Gasteiger partial charge in [-0.15, -0.1) is 0 Å². The molecule has 0 bridgehead atoms. The molecule has 4 atom stereocenters. The van der Waals surface area contributed by atoms with E-state index in [4.69, 9.17) is 4.84 Å². The molecular weight excluding hydrogens is 250 g/mol. The van der Waals surface area contributed by atoms with Crippen LogP contribution in [0.25, 0.3) is 0 Å². The first-order chi connectivity index (χ1) is 9.66. The van der Waals surface area contributed by atoms with Gasteiger partial charge in [-0.2, -0.15) is 0 Å². The number of hydrogen-bond donors (Lipinski definition) is 0. The molecule has 1 fully saturated rings. The Kier molecular flexibility index (Phi) is 3.62. The van der Waals surface area contributed by atoms with Gasteiger partial charge in [0.2, 0.25) is 0 Å². The van der Waals surface area contributed by atoms with Crippen LogP contribution in [-0.4, -0.2) is 17.6 Å². The third-order valence-electron chi connectivity index (χ3n) is 4.64. The van der Waals surface area contributed by atoms with Gasteiger partial charge in [0.1, 0.15) is 0 Å². The van der Waals surface area contributed by atoms with Crippen LogP contribution in [0.1, 0.15) is 19.4 Å². The Morgan fingerprint density at radius 2 is 1.95 bits per heavy atom. The van der Waals surface area contributed by atoms with Gasteiger partial charge in [0.15, 0.2) is 0 Å². The molecule has 2 aliphatic rings. The van der Waals surface area contributed by atoms with Crippen molar-refractivity contribution in [3.8, 4) is 0 Å². The van der Waals surface area contributed by atoms with Gasteiger partial charge < -0.3 is 0 Å². The average molecular weight is 271 g/mol. The maximum absolute atomic E-state index is 12.7. The number of nitrogens with zero attached hydrogens (tertiary/aromatic N) is 1. The summed E-state index contributed by atoms with van der Waals surface area (Å²) in [5, 5.41) is 1.55. The minimum Gasteiger partial charge on any atom is -0.272 e. The molecule has 0 aromatic heterocycles. The van der Waals surface area contributed by atoms with Crippen molar-refractivity contribution in [3.63, 3.8) is 0 Å². The van der Waals surface area contributed by atoms with Crippen LogP contribution in [0.3, 0.4) is 0 Å². The Hall–Kier alpha value is -1.61. The lowest BCUT2D eigenvalue weighted by Gasteiger charge is -2.42. The molecule has 3 nitrogen and oxygen atoms in total. The standard InChI is InChI=1S/C17H21NO2/c1-12-8-9-15-11-20-18(17(19)16(15)13(12)2)10-14-6-4-3-5-7-14/h3-9,12-13,15-16H,10-11H2,1-2H3/t12-,13+,15-,16-/m0/s1. The predicted molar refractivity (Wildman–Crippen MR) is 77.4 cm³/mol. The number of allylic oxidation sites excluding steroid dienone is 1. The number of fused-ring (bicyclic) bond motifs is 1. The molecule has 1 aliphatic carbocycles. The van der Waals surface area contributed by atoms with Gasteiger partial charge in [-0.3, -0.25) is 9.63 Å². The molecule has 0 N–H and O–H groups in total. The van der Waals surface area contributed by atoms with Crippen LogP contribution >= 0.6 is 0 Å². The van der Waals surface area contributed by atoms with Crippen molar-refractivity contribution >= 4 is 5.91 Å². The molecule has 0 spiro atoms. The summed E-state index contributed by atoms with van der Waals surface area (Å²) in [5.41, 5.74) is 1.10. The second-order valence-corrected chi connectivity index (χ2v) is 5.95. The Labute approximate surface area is 120 Å². The van der Waals surface area contributed by atoms with Crippen LogP contribution in [0.5, 0.6) is 0 Å². The highest BCUT2D eigenvalue weighted by atomic mass is 16.7. The van der Waals surface area contributed by atoms with Gasteiger partial charge in [0, 0.05) is 5.92 Å². The Bertz CT molecular complexity index is 511. The minimum absolute atomic E-state index is 0.0625. The molecule has 3 heteroatoms. The summed E-state index contributed by atoms with van der Waals surface area (Å²) in [6.45, 7) is 5.50. The molecule has 20 heavy (non-hydrogen) atoms. The number of hydrogen-bond acceptors (Lipinski definition) is 2. The van der Waals surface area contributed by atoms with E-state index >= 15 is 0 Å². The second-order valence-electron chi connectivity index (χ2n) is 5.95. The van der Waals surface area contributed by atoms with E-state index in [0.717, 1.165) is 5.56 Å². The van der Waals surface area contributed by atoms with Gasteiger partial charge in [-0.1, -0.05) is 56.3 Å². The van der Waals surface area contributed by atoms with Crippen molar-refractivity contribution in [2.75, 3.05) is 6.61 Å². The highest BCUT2D eigenvalue weighted by molar-refractivity contribution is 5.79. The van der Waals surface area contributed by atoms with Crippen LogP contribution in [0.4, 0.5) is 0 Å². The number of hydroxylamine groups is 2. The monoisotopic (exact) mass is 271 g/mol. The molecule has 106 valence electrons. The SMILES string of the molecule is C[C@H]1[C@@H]2C(=O)N(Cc3ccccc3)OC[C@@H]2C=C[C@@H]1C. The van der Waals surface area contributed by atoms with E-state index in [1.807, 2.05) is 30.3 Å². The fraction of sp³-hybridized carbons (Fsp3) is 0.471. The van der Waals surface area contributed by atoms with Crippen molar-refractivity contribution in [3.05, 3.63) is 48.0 Å². The number of carbonyl (C=O) groups is 1. The lowest BCUT2D eigenvalue weighted by molar-refractivity contribution is -0.222. The highest BCUT2D eigenvalue weighted by Crippen LogP contribution is 2.38. The maximum Gasteiger partial charge on any atom is 0.250 e. The van der Waals surface area contributed by atoms with Crippen molar-refractivity contribution in [1.29, 1.82) is 0 Å². The van der Waals surface area contributed by atoms with Crippen LogP contribution in [-0.2, 0) is 16.2 Å². The van der Waals surface area contributed by atoms with Crippen molar-refractivity contribution in [2.24, 2.45) is 23.7 Å². The normalized spacial score (nSPS) is 33.1. The largest absolute Gasteiger partial charge is 0.272 e. The van der Waals surface area contributed by atoms with Crippen molar-refractivity contribution < 1.29 is 9.63 Å². The molecule has 0 radical (unpaired) electrons.